The van der Waals surface area contributed by atoms with Gasteiger partial charge in [0.25, 0.3) is 15.7 Å². The van der Waals surface area contributed by atoms with E-state index >= 15 is 0 Å². The molecule has 1 aliphatic rings. The number of halogens is 2. The summed E-state index contributed by atoms with van der Waals surface area (Å²) in [5.74, 6) is -1.04. The molecular weight excluding hydrogens is 687 g/mol. The topological polar surface area (TPSA) is 130 Å². The minimum absolute atomic E-state index is 0.0403. The Hall–Kier alpha value is -4.45. The molecule has 1 fully saturated rings. The first-order chi connectivity index (χ1) is 23.5. The van der Waals surface area contributed by atoms with Gasteiger partial charge in [-0.3, -0.25) is 24.0 Å². The Morgan fingerprint density at radius 3 is 2.12 bits per heavy atom. The predicted molar refractivity (Wildman–Crippen MR) is 190 cm³/mol. The van der Waals surface area contributed by atoms with Crippen LogP contribution in [0, 0.1) is 10.1 Å². The van der Waals surface area contributed by atoms with E-state index in [-0.39, 0.29) is 46.2 Å². The molecule has 4 aromatic rings. The molecular formula is C36H36Cl2N4O6S. The molecule has 0 radical (unpaired) electrons. The highest BCUT2D eigenvalue weighted by Crippen LogP contribution is 2.29. The van der Waals surface area contributed by atoms with Gasteiger partial charge in [-0.1, -0.05) is 97.1 Å². The molecule has 5 rings (SSSR count). The van der Waals surface area contributed by atoms with Gasteiger partial charge in [0.15, 0.2) is 0 Å². The number of rotatable bonds is 13. The molecule has 1 atom stereocenters. The van der Waals surface area contributed by atoms with E-state index in [1.54, 1.807) is 36.4 Å². The number of nitro benzene ring substituents is 1. The molecule has 0 unspecified atom stereocenters. The van der Waals surface area contributed by atoms with Crippen LogP contribution in [-0.4, -0.2) is 48.7 Å². The Bertz CT molecular complexity index is 1870. The maximum atomic E-state index is 14.7. The van der Waals surface area contributed by atoms with Gasteiger partial charge in [0.1, 0.15) is 12.6 Å². The molecule has 13 heteroatoms. The molecule has 256 valence electrons. The van der Waals surface area contributed by atoms with Crippen LogP contribution in [0.3, 0.4) is 0 Å². The summed E-state index contributed by atoms with van der Waals surface area (Å²) in [6.45, 7) is -0.827. The molecule has 49 heavy (non-hydrogen) atoms. The fourth-order valence-corrected chi connectivity index (χ4v) is 7.82. The first kappa shape index (κ1) is 35.8. The number of benzene rings is 4. The zero-order chi connectivity index (χ0) is 35.0. The van der Waals surface area contributed by atoms with Gasteiger partial charge in [0.05, 0.1) is 15.5 Å². The number of amides is 2. The smallest absolute Gasteiger partial charge is 0.269 e. The van der Waals surface area contributed by atoms with Gasteiger partial charge in [-0.2, -0.15) is 0 Å². The fraction of sp³-hybridized carbons (Fsp3) is 0.278. The number of nitro groups is 1. The number of carbonyl (C=O) groups excluding carboxylic acids is 2. The van der Waals surface area contributed by atoms with Gasteiger partial charge in [0.2, 0.25) is 11.8 Å². The fourth-order valence-electron chi connectivity index (χ4n) is 5.92. The van der Waals surface area contributed by atoms with Gasteiger partial charge in [-0.15, -0.1) is 0 Å². The van der Waals surface area contributed by atoms with Crippen molar-refractivity contribution in [3.05, 3.63) is 134 Å². The summed E-state index contributed by atoms with van der Waals surface area (Å²) in [6.07, 6.45) is 4.86. The number of sulfonamides is 1. The molecule has 0 heterocycles. The van der Waals surface area contributed by atoms with Crippen molar-refractivity contribution in [3.63, 3.8) is 0 Å². The van der Waals surface area contributed by atoms with Crippen molar-refractivity contribution in [2.45, 2.75) is 62.0 Å². The first-order valence-corrected chi connectivity index (χ1v) is 18.1. The van der Waals surface area contributed by atoms with E-state index in [0.717, 1.165) is 42.0 Å². The van der Waals surface area contributed by atoms with E-state index in [4.69, 9.17) is 23.2 Å². The number of hydrogen-bond donors (Lipinski definition) is 1. The van der Waals surface area contributed by atoms with Gasteiger partial charge >= 0.3 is 0 Å². The van der Waals surface area contributed by atoms with Crippen LogP contribution in [0.15, 0.2) is 108 Å². The van der Waals surface area contributed by atoms with Crippen molar-refractivity contribution in [3.8, 4) is 0 Å². The minimum atomic E-state index is -4.36. The Labute approximate surface area is 295 Å². The normalized spacial score (nSPS) is 14.1. The van der Waals surface area contributed by atoms with Gasteiger partial charge in [-0.05, 0) is 60.4 Å². The maximum absolute atomic E-state index is 14.7. The molecule has 2 amide bonds. The van der Waals surface area contributed by atoms with Crippen molar-refractivity contribution in [2.24, 2.45) is 0 Å². The van der Waals surface area contributed by atoms with Crippen LogP contribution in [0.25, 0.3) is 0 Å². The molecule has 0 aliphatic heterocycles. The number of hydrogen-bond acceptors (Lipinski definition) is 6. The molecule has 4 aromatic carbocycles. The highest BCUT2D eigenvalue weighted by Gasteiger charge is 2.36. The average Bonchev–Trinajstić information content (AvgIpc) is 3.10. The van der Waals surface area contributed by atoms with Crippen LogP contribution >= 0.6 is 23.2 Å². The lowest BCUT2D eigenvalue weighted by atomic mass is 9.94. The number of non-ortho nitro benzene ring substituents is 1. The average molecular weight is 724 g/mol. The van der Waals surface area contributed by atoms with E-state index in [9.17, 15) is 28.1 Å². The summed E-state index contributed by atoms with van der Waals surface area (Å²) in [7, 11) is -4.36. The Morgan fingerprint density at radius 2 is 1.51 bits per heavy atom. The third kappa shape index (κ3) is 9.17. The van der Waals surface area contributed by atoms with Crippen molar-refractivity contribution < 1.29 is 22.9 Å². The molecule has 0 bridgehead atoms. The van der Waals surface area contributed by atoms with Crippen LogP contribution in [0.4, 0.5) is 11.4 Å². The standard InChI is InChI=1S/C36H36Cl2N4O6S/c37-28-17-16-27(33(38)23-28)24-40(34(22-26-10-4-1-5-11-26)36(44)39-29-12-6-2-7-13-29)35(43)25-41(30-18-20-31(21-19-30)42(45)46)49(47,48)32-14-8-3-9-15-32/h1,3-5,8-11,14-21,23,29,34H,2,6-7,12-13,22,24-25H2,(H,39,44)/t34-/m0/s1. The highest BCUT2D eigenvalue weighted by atomic mass is 35.5. The summed E-state index contributed by atoms with van der Waals surface area (Å²) in [4.78, 5) is 40.9. The van der Waals surface area contributed by atoms with E-state index in [1.165, 1.54) is 41.3 Å². The van der Waals surface area contributed by atoms with Crippen molar-refractivity contribution >= 4 is 56.4 Å². The van der Waals surface area contributed by atoms with Crippen LogP contribution in [0.1, 0.15) is 43.2 Å². The monoisotopic (exact) mass is 722 g/mol. The summed E-state index contributed by atoms with van der Waals surface area (Å²) in [6, 6.07) is 25.5. The third-order valence-electron chi connectivity index (χ3n) is 8.54. The molecule has 0 saturated heterocycles. The third-order valence-corrected chi connectivity index (χ3v) is 10.9. The SMILES string of the molecule is O=C(NC1CCCCC1)[C@H](Cc1ccccc1)N(Cc1ccc(Cl)cc1Cl)C(=O)CN(c1ccc([N+](=O)[O-])cc1)S(=O)(=O)c1ccccc1. The van der Waals surface area contributed by atoms with Crippen molar-refractivity contribution in [2.75, 3.05) is 10.8 Å². The van der Waals surface area contributed by atoms with E-state index < -0.39 is 33.4 Å². The van der Waals surface area contributed by atoms with Gasteiger partial charge < -0.3 is 10.2 Å². The predicted octanol–water partition coefficient (Wildman–Crippen LogP) is 7.19. The van der Waals surface area contributed by atoms with Gasteiger partial charge in [-0.25, -0.2) is 8.42 Å². The Balaban J connectivity index is 1.58. The van der Waals surface area contributed by atoms with Crippen molar-refractivity contribution in [1.82, 2.24) is 10.2 Å². The van der Waals surface area contributed by atoms with Crippen LogP contribution in [0.2, 0.25) is 10.0 Å². The van der Waals surface area contributed by atoms with E-state index in [0.29, 0.717) is 10.6 Å². The van der Waals surface area contributed by atoms with Crippen LogP contribution in [0.5, 0.6) is 0 Å². The van der Waals surface area contributed by atoms with Crippen LogP contribution in [-0.2, 0) is 32.6 Å². The zero-order valence-corrected chi connectivity index (χ0v) is 28.9. The second kappa shape index (κ2) is 16.3. The molecule has 0 spiro atoms. The minimum Gasteiger partial charge on any atom is -0.352 e. The Morgan fingerprint density at radius 1 is 0.878 bits per heavy atom. The quantitative estimate of drug-likeness (QED) is 0.115. The van der Waals surface area contributed by atoms with E-state index in [2.05, 4.69) is 5.32 Å². The summed E-state index contributed by atoms with van der Waals surface area (Å²) >= 11 is 12.8. The summed E-state index contributed by atoms with van der Waals surface area (Å²) in [5.41, 5.74) is 1.11. The summed E-state index contributed by atoms with van der Waals surface area (Å²) < 4.78 is 29.2. The van der Waals surface area contributed by atoms with Gasteiger partial charge in [0, 0.05) is 41.2 Å². The molecule has 1 saturated carbocycles. The second-order valence-corrected chi connectivity index (χ2v) is 14.6. The molecule has 0 aromatic heterocycles. The number of carbonyl (C=O) groups is 2. The van der Waals surface area contributed by atoms with Crippen LogP contribution < -0.4 is 9.62 Å². The zero-order valence-electron chi connectivity index (χ0n) is 26.6. The molecule has 1 N–H and O–H groups in total. The lowest BCUT2D eigenvalue weighted by Gasteiger charge is -2.35. The highest BCUT2D eigenvalue weighted by molar-refractivity contribution is 7.92. The first-order valence-electron chi connectivity index (χ1n) is 15.9. The Kier molecular flexibility index (Phi) is 11.9. The molecule has 1 aliphatic carbocycles. The maximum Gasteiger partial charge on any atom is 0.269 e. The largest absolute Gasteiger partial charge is 0.352 e. The summed E-state index contributed by atoms with van der Waals surface area (Å²) in [5, 5.41) is 15.2. The van der Waals surface area contributed by atoms with Crippen molar-refractivity contribution in [1.29, 1.82) is 0 Å². The van der Waals surface area contributed by atoms with E-state index in [1.807, 2.05) is 30.3 Å². The lowest BCUT2D eigenvalue weighted by molar-refractivity contribution is -0.384. The number of nitrogens with one attached hydrogen (secondary N) is 1. The second-order valence-electron chi connectivity index (χ2n) is 11.9. The lowest BCUT2D eigenvalue weighted by Crippen LogP contribution is -2.55. The number of anilines is 1. The number of nitrogens with zero attached hydrogens (tertiary/aromatic N) is 3. The molecule has 10 nitrogen and oxygen atoms in total.